The minimum absolute atomic E-state index is 0.316. The molecular weight excluding hydrogens is 202 g/mol. The molecule has 0 radical (unpaired) electrons. The molecule has 7 heteroatoms. The van der Waals surface area contributed by atoms with Gasteiger partial charge in [-0.3, -0.25) is 0 Å². The molecule has 4 N–H and O–H groups in total. The van der Waals surface area contributed by atoms with Gasteiger partial charge in [-0.1, -0.05) is 16.9 Å². The molecule has 76 valence electrons. The van der Waals surface area contributed by atoms with Crippen LogP contribution in [0, 0.1) is 0 Å². The van der Waals surface area contributed by atoms with Crippen LogP contribution in [0.25, 0.3) is 0 Å². The Kier molecular flexibility index (Phi) is 2.58. The van der Waals surface area contributed by atoms with E-state index in [1.165, 1.54) is 24.6 Å². The van der Waals surface area contributed by atoms with Crippen LogP contribution in [0.15, 0.2) is 9.62 Å². The summed E-state index contributed by atoms with van der Waals surface area (Å²) in [6, 6.07) is 0. The largest absolute Gasteiger partial charge is 0.377 e. The lowest BCUT2D eigenvalue weighted by Gasteiger charge is -1.92. The highest BCUT2D eigenvalue weighted by Crippen LogP contribution is 2.38. The summed E-state index contributed by atoms with van der Waals surface area (Å²) in [6.45, 7) is 0. The summed E-state index contributed by atoms with van der Waals surface area (Å²) in [6.07, 6.45) is 2.33. The monoisotopic (exact) mass is 213 g/mol. The van der Waals surface area contributed by atoms with Gasteiger partial charge in [0.2, 0.25) is 5.89 Å². The van der Waals surface area contributed by atoms with E-state index in [9.17, 15) is 0 Å². The number of nitrogens with zero attached hydrogens (tertiary/aromatic N) is 3. The lowest BCUT2D eigenvalue weighted by atomic mass is 10.4. The molecule has 0 aromatic carbocycles. The number of thioether (sulfide) groups is 1. The lowest BCUT2D eigenvalue weighted by molar-refractivity contribution is 0.385. The number of hydrazone groups is 1. The molecule has 1 aliphatic rings. The lowest BCUT2D eigenvalue weighted by Crippen LogP contribution is -2.09. The molecule has 0 atom stereocenters. The third-order valence-electron chi connectivity index (χ3n) is 1.90. The van der Waals surface area contributed by atoms with E-state index in [0.29, 0.717) is 22.7 Å². The predicted octanol–water partition coefficient (Wildman–Crippen LogP) is 0.369. The number of nitrogens with two attached hydrogens (primary N) is 2. The standard InChI is InChI=1S/C7H11N5OS/c8-7(11-9)14-3-5-10-6(12-13-5)4-1-2-4/h4H,1-3,9H2,(H2,8,11). The fourth-order valence-corrected chi connectivity index (χ4v) is 1.47. The van der Waals surface area contributed by atoms with Crippen molar-refractivity contribution in [3.05, 3.63) is 11.7 Å². The van der Waals surface area contributed by atoms with E-state index < -0.39 is 0 Å². The predicted molar refractivity (Wildman–Crippen MR) is 53.4 cm³/mol. The summed E-state index contributed by atoms with van der Waals surface area (Å²) >= 11 is 1.28. The Bertz CT molecular complexity index is 346. The first-order chi connectivity index (χ1) is 6.79. The minimum Gasteiger partial charge on any atom is -0.377 e. The molecular formula is C7H11N5OS. The molecule has 1 saturated carbocycles. The van der Waals surface area contributed by atoms with Gasteiger partial charge in [-0.05, 0) is 12.8 Å². The Morgan fingerprint density at radius 1 is 1.64 bits per heavy atom. The van der Waals surface area contributed by atoms with Gasteiger partial charge in [0.1, 0.15) is 0 Å². The van der Waals surface area contributed by atoms with Crippen molar-refractivity contribution < 1.29 is 4.52 Å². The van der Waals surface area contributed by atoms with Crippen LogP contribution in [-0.4, -0.2) is 15.3 Å². The molecule has 1 heterocycles. The summed E-state index contributed by atoms with van der Waals surface area (Å²) in [5.74, 6) is 7.39. The SMILES string of the molecule is NN=C(N)SCc1nc(C2CC2)no1. The quantitative estimate of drug-likeness (QED) is 0.325. The molecule has 0 aliphatic heterocycles. The van der Waals surface area contributed by atoms with Crippen molar-refractivity contribution >= 4 is 16.9 Å². The molecule has 1 fully saturated rings. The van der Waals surface area contributed by atoms with E-state index in [1.807, 2.05) is 0 Å². The number of aromatic nitrogens is 2. The summed E-state index contributed by atoms with van der Waals surface area (Å²) in [5.41, 5.74) is 5.40. The molecule has 0 saturated heterocycles. The Labute approximate surface area is 85.1 Å². The second-order valence-corrected chi connectivity index (χ2v) is 4.07. The van der Waals surface area contributed by atoms with Crippen LogP contribution in [0.2, 0.25) is 0 Å². The molecule has 2 rings (SSSR count). The first kappa shape index (κ1) is 9.32. The number of rotatable bonds is 3. The van der Waals surface area contributed by atoms with Crippen LogP contribution in [0.1, 0.15) is 30.5 Å². The zero-order chi connectivity index (χ0) is 9.97. The van der Waals surface area contributed by atoms with Crippen molar-refractivity contribution in [2.75, 3.05) is 0 Å². The van der Waals surface area contributed by atoms with E-state index in [-0.39, 0.29) is 0 Å². The average Bonchev–Trinajstić information content (AvgIpc) is 2.95. The normalized spacial score (nSPS) is 17.3. The minimum atomic E-state index is 0.316. The summed E-state index contributed by atoms with van der Waals surface area (Å²) in [5, 5.41) is 7.51. The van der Waals surface area contributed by atoms with Crippen LogP contribution in [0.4, 0.5) is 0 Å². The van der Waals surface area contributed by atoms with Gasteiger partial charge in [-0.2, -0.15) is 10.1 Å². The van der Waals surface area contributed by atoms with E-state index in [0.717, 1.165) is 5.82 Å². The molecule has 6 nitrogen and oxygen atoms in total. The molecule has 1 aliphatic carbocycles. The Balaban J connectivity index is 1.89. The maximum Gasteiger partial charge on any atom is 0.237 e. The van der Waals surface area contributed by atoms with Gasteiger partial charge in [0.05, 0.1) is 5.75 Å². The maximum atomic E-state index is 5.40. The third kappa shape index (κ3) is 2.16. The van der Waals surface area contributed by atoms with Crippen molar-refractivity contribution in [1.82, 2.24) is 10.1 Å². The van der Waals surface area contributed by atoms with Crippen molar-refractivity contribution in [3.63, 3.8) is 0 Å². The van der Waals surface area contributed by atoms with E-state index in [2.05, 4.69) is 15.2 Å². The zero-order valence-corrected chi connectivity index (χ0v) is 8.33. The van der Waals surface area contributed by atoms with Crippen LogP contribution in [-0.2, 0) is 5.75 Å². The van der Waals surface area contributed by atoms with Crippen LogP contribution in [0.3, 0.4) is 0 Å². The maximum absolute atomic E-state index is 5.40. The zero-order valence-electron chi connectivity index (χ0n) is 7.51. The first-order valence-corrected chi connectivity index (χ1v) is 5.27. The van der Waals surface area contributed by atoms with Crippen molar-refractivity contribution in [2.24, 2.45) is 16.7 Å². The summed E-state index contributed by atoms with van der Waals surface area (Å²) in [4.78, 5) is 4.23. The Morgan fingerprint density at radius 2 is 2.43 bits per heavy atom. The van der Waals surface area contributed by atoms with Crippen LogP contribution in [0.5, 0.6) is 0 Å². The molecule has 0 spiro atoms. The van der Waals surface area contributed by atoms with Crippen molar-refractivity contribution in [2.45, 2.75) is 24.5 Å². The second-order valence-electron chi connectivity index (χ2n) is 3.08. The van der Waals surface area contributed by atoms with Gasteiger partial charge in [0, 0.05) is 5.92 Å². The fourth-order valence-electron chi connectivity index (χ4n) is 1.01. The second kappa shape index (κ2) is 3.87. The van der Waals surface area contributed by atoms with E-state index >= 15 is 0 Å². The van der Waals surface area contributed by atoms with Gasteiger partial charge in [-0.25, -0.2) is 0 Å². The molecule has 14 heavy (non-hydrogen) atoms. The Hall–Kier alpha value is -1.24. The number of hydrogen-bond donors (Lipinski definition) is 2. The molecule has 0 amide bonds. The number of amidine groups is 1. The van der Waals surface area contributed by atoms with E-state index in [4.69, 9.17) is 16.1 Å². The third-order valence-corrected chi connectivity index (χ3v) is 2.69. The van der Waals surface area contributed by atoms with Crippen molar-refractivity contribution in [3.8, 4) is 0 Å². The van der Waals surface area contributed by atoms with Gasteiger partial charge in [0.15, 0.2) is 11.0 Å². The Morgan fingerprint density at radius 3 is 3.07 bits per heavy atom. The van der Waals surface area contributed by atoms with Gasteiger partial charge in [-0.15, -0.1) is 0 Å². The van der Waals surface area contributed by atoms with Gasteiger partial charge < -0.3 is 16.1 Å². The van der Waals surface area contributed by atoms with Crippen molar-refractivity contribution in [1.29, 1.82) is 0 Å². The molecule has 1 aromatic rings. The average molecular weight is 213 g/mol. The molecule has 1 aromatic heterocycles. The highest BCUT2D eigenvalue weighted by molar-refractivity contribution is 8.13. The smallest absolute Gasteiger partial charge is 0.237 e. The first-order valence-electron chi connectivity index (χ1n) is 4.28. The topological polar surface area (TPSA) is 103 Å². The summed E-state index contributed by atoms with van der Waals surface area (Å²) < 4.78 is 5.03. The molecule has 0 unspecified atom stereocenters. The van der Waals surface area contributed by atoms with Gasteiger partial charge >= 0.3 is 0 Å². The van der Waals surface area contributed by atoms with Crippen LogP contribution >= 0.6 is 11.8 Å². The highest BCUT2D eigenvalue weighted by Gasteiger charge is 2.28. The fraction of sp³-hybridized carbons (Fsp3) is 0.571. The van der Waals surface area contributed by atoms with Crippen LogP contribution < -0.4 is 11.6 Å². The number of hydrogen-bond acceptors (Lipinski definition) is 6. The molecule has 0 bridgehead atoms. The summed E-state index contributed by atoms with van der Waals surface area (Å²) in [7, 11) is 0. The van der Waals surface area contributed by atoms with Gasteiger partial charge in [0.25, 0.3) is 0 Å². The van der Waals surface area contributed by atoms with E-state index in [1.54, 1.807) is 0 Å². The highest BCUT2D eigenvalue weighted by atomic mass is 32.2.